The molecule has 70 valence electrons. The van der Waals surface area contributed by atoms with E-state index in [0.717, 1.165) is 18.4 Å². The number of benzene rings is 1. The van der Waals surface area contributed by atoms with Crippen molar-refractivity contribution >= 4 is 10.9 Å². The summed E-state index contributed by atoms with van der Waals surface area (Å²) in [5, 5.41) is 1.20. The largest absolute Gasteiger partial charge is 0.321 e. The lowest BCUT2D eigenvalue weighted by molar-refractivity contribution is 0.747. The predicted molar refractivity (Wildman–Crippen MR) is 56.8 cm³/mol. The van der Waals surface area contributed by atoms with Crippen LogP contribution in [0.5, 0.6) is 0 Å². The molecule has 0 spiro atoms. The number of pyridine rings is 1. The minimum Gasteiger partial charge on any atom is -0.321 e. The zero-order valence-corrected chi connectivity index (χ0v) is 7.90. The third-order valence-electron chi connectivity index (χ3n) is 2.97. The van der Waals surface area contributed by atoms with Gasteiger partial charge in [-0.05, 0) is 30.5 Å². The van der Waals surface area contributed by atoms with E-state index < -0.39 is 0 Å². The first-order valence-corrected chi connectivity index (χ1v) is 4.93. The van der Waals surface area contributed by atoms with Gasteiger partial charge in [0.15, 0.2) is 0 Å². The molecule has 3 rings (SSSR count). The molecule has 0 amide bonds. The maximum absolute atomic E-state index is 6.21. The van der Waals surface area contributed by atoms with Crippen molar-refractivity contribution < 1.29 is 0 Å². The summed E-state index contributed by atoms with van der Waals surface area (Å²) >= 11 is 0. The summed E-state index contributed by atoms with van der Waals surface area (Å²) in [6.07, 6.45) is 4.05. The maximum Gasteiger partial charge on any atom is 0.0705 e. The second kappa shape index (κ2) is 2.55. The maximum atomic E-state index is 6.21. The fourth-order valence-electron chi connectivity index (χ4n) is 1.93. The number of para-hydroxylation sites is 1. The molecule has 2 aromatic rings. The Morgan fingerprint density at radius 1 is 1.14 bits per heavy atom. The minimum atomic E-state index is -0.0669. The Balaban J connectivity index is 2.33. The van der Waals surface area contributed by atoms with Crippen LogP contribution in [0.1, 0.15) is 18.4 Å². The first-order chi connectivity index (χ1) is 6.80. The summed E-state index contributed by atoms with van der Waals surface area (Å²) in [5.41, 5.74) is 8.44. The summed E-state index contributed by atoms with van der Waals surface area (Å²) in [5.74, 6) is 0. The van der Waals surface area contributed by atoms with Gasteiger partial charge in [-0.2, -0.15) is 0 Å². The van der Waals surface area contributed by atoms with Gasteiger partial charge in [0.2, 0.25) is 0 Å². The lowest BCUT2D eigenvalue weighted by atomic mass is 10.0. The lowest BCUT2D eigenvalue weighted by Crippen LogP contribution is -2.19. The first kappa shape index (κ1) is 7.94. The highest BCUT2D eigenvalue weighted by atomic mass is 14.8. The van der Waals surface area contributed by atoms with Gasteiger partial charge in [-0.1, -0.05) is 18.2 Å². The number of rotatable bonds is 1. The molecule has 0 radical (unpaired) electrons. The van der Waals surface area contributed by atoms with Gasteiger partial charge in [0.25, 0.3) is 0 Å². The molecule has 2 nitrogen and oxygen atoms in total. The number of aromatic nitrogens is 1. The summed E-state index contributed by atoms with van der Waals surface area (Å²) in [6, 6.07) is 10.2. The van der Waals surface area contributed by atoms with Crippen LogP contribution in [-0.2, 0) is 5.54 Å². The van der Waals surface area contributed by atoms with Crippen LogP contribution in [0.3, 0.4) is 0 Å². The van der Waals surface area contributed by atoms with E-state index in [4.69, 9.17) is 5.73 Å². The minimum absolute atomic E-state index is 0.0669. The van der Waals surface area contributed by atoms with Crippen molar-refractivity contribution in [1.29, 1.82) is 0 Å². The smallest absolute Gasteiger partial charge is 0.0705 e. The van der Waals surface area contributed by atoms with Gasteiger partial charge in [-0.15, -0.1) is 0 Å². The predicted octanol–water partition coefficient (Wildman–Crippen LogP) is 2.18. The molecule has 0 atom stereocenters. The van der Waals surface area contributed by atoms with E-state index in [1.165, 1.54) is 10.9 Å². The van der Waals surface area contributed by atoms with Gasteiger partial charge < -0.3 is 5.73 Å². The summed E-state index contributed by atoms with van der Waals surface area (Å²) in [4.78, 5) is 4.33. The molecule has 1 heterocycles. The highest BCUT2D eigenvalue weighted by molar-refractivity contribution is 5.83. The van der Waals surface area contributed by atoms with Gasteiger partial charge in [0.1, 0.15) is 0 Å². The standard InChI is InChI=1S/C12H12N2/c13-12(6-7-12)10-5-8-14-11-4-2-1-3-9(10)11/h1-5,8H,6-7,13H2. The van der Waals surface area contributed by atoms with E-state index in [2.05, 4.69) is 17.1 Å². The van der Waals surface area contributed by atoms with Gasteiger partial charge in [-0.25, -0.2) is 0 Å². The number of fused-ring (bicyclic) bond motifs is 1. The molecule has 1 aromatic carbocycles. The molecule has 1 aliphatic carbocycles. The van der Waals surface area contributed by atoms with E-state index >= 15 is 0 Å². The Bertz CT molecular complexity index is 481. The zero-order chi connectivity index (χ0) is 9.60. The van der Waals surface area contributed by atoms with Crippen molar-refractivity contribution in [1.82, 2.24) is 4.98 Å². The molecule has 2 heteroatoms. The number of hydrogen-bond donors (Lipinski definition) is 1. The second-order valence-electron chi connectivity index (χ2n) is 4.03. The Morgan fingerprint density at radius 3 is 2.71 bits per heavy atom. The van der Waals surface area contributed by atoms with E-state index in [0.29, 0.717) is 0 Å². The Labute approximate surface area is 82.8 Å². The molecule has 0 bridgehead atoms. The molecule has 2 N–H and O–H groups in total. The fourth-order valence-corrected chi connectivity index (χ4v) is 1.93. The first-order valence-electron chi connectivity index (χ1n) is 4.93. The van der Waals surface area contributed by atoms with Crippen molar-refractivity contribution in [3.8, 4) is 0 Å². The van der Waals surface area contributed by atoms with E-state index in [-0.39, 0.29) is 5.54 Å². The number of hydrogen-bond acceptors (Lipinski definition) is 2. The number of nitrogens with zero attached hydrogens (tertiary/aromatic N) is 1. The average Bonchev–Trinajstić information content (AvgIpc) is 2.97. The topological polar surface area (TPSA) is 38.9 Å². The second-order valence-corrected chi connectivity index (χ2v) is 4.03. The summed E-state index contributed by atoms with van der Waals surface area (Å²) < 4.78 is 0. The van der Waals surface area contributed by atoms with E-state index in [1.807, 2.05) is 24.4 Å². The molecule has 0 unspecified atom stereocenters. The third kappa shape index (κ3) is 1.04. The Morgan fingerprint density at radius 2 is 1.93 bits per heavy atom. The van der Waals surface area contributed by atoms with Gasteiger partial charge in [-0.3, -0.25) is 4.98 Å². The Kier molecular flexibility index (Phi) is 1.45. The van der Waals surface area contributed by atoms with Crippen LogP contribution in [0, 0.1) is 0 Å². The highest BCUT2D eigenvalue weighted by Crippen LogP contribution is 2.44. The monoisotopic (exact) mass is 184 g/mol. The summed E-state index contributed by atoms with van der Waals surface area (Å²) in [7, 11) is 0. The van der Waals surface area contributed by atoms with Crippen LogP contribution < -0.4 is 5.73 Å². The third-order valence-corrected chi connectivity index (χ3v) is 2.97. The molecule has 0 saturated heterocycles. The summed E-state index contributed by atoms with van der Waals surface area (Å²) in [6.45, 7) is 0. The van der Waals surface area contributed by atoms with Crippen molar-refractivity contribution in [2.75, 3.05) is 0 Å². The van der Waals surface area contributed by atoms with Crippen molar-refractivity contribution in [2.45, 2.75) is 18.4 Å². The lowest BCUT2D eigenvalue weighted by Gasteiger charge is -2.11. The van der Waals surface area contributed by atoms with Crippen molar-refractivity contribution in [3.05, 3.63) is 42.1 Å². The van der Waals surface area contributed by atoms with E-state index in [1.54, 1.807) is 0 Å². The fraction of sp³-hybridized carbons (Fsp3) is 0.250. The van der Waals surface area contributed by atoms with Crippen LogP contribution in [0.15, 0.2) is 36.5 Å². The van der Waals surface area contributed by atoms with Crippen molar-refractivity contribution in [3.63, 3.8) is 0 Å². The molecule has 0 aliphatic heterocycles. The zero-order valence-electron chi connectivity index (χ0n) is 7.90. The van der Waals surface area contributed by atoms with Crippen LogP contribution >= 0.6 is 0 Å². The molecule has 1 aromatic heterocycles. The Hall–Kier alpha value is -1.41. The van der Waals surface area contributed by atoms with Crippen LogP contribution in [0.2, 0.25) is 0 Å². The molecule has 1 fully saturated rings. The normalized spacial score (nSPS) is 18.4. The van der Waals surface area contributed by atoms with Gasteiger partial charge >= 0.3 is 0 Å². The van der Waals surface area contributed by atoms with Crippen molar-refractivity contribution in [2.24, 2.45) is 5.73 Å². The van der Waals surface area contributed by atoms with Crippen LogP contribution in [-0.4, -0.2) is 4.98 Å². The molecular weight excluding hydrogens is 172 g/mol. The van der Waals surface area contributed by atoms with Crippen LogP contribution in [0.25, 0.3) is 10.9 Å². The highest BCUT2D eigenvalue weighted by Gasteiger charge is 2.40. The average molecular weight is 184 g/mol. The van der Waals surface area contributed by atoms with Crippen LogP contribution in [0.4, 0.5) is 0 Å². The molecule has 14 heavy (non-hydrogen) atoms. The number of nitrogens with two attached hydrogens (primary N) is 1. The quantitative estimate of drug-likeness (QED) is 0.737. The molecule has 1 aliphatic rings. The molecule has 1 saturated carbocycles. The molecular formula is C12H12N2. The van der Waals surface area contributed by atoms with Gasteiger partial charge in [0.05, 0.1) is 5.52 Å². The van der Waals surface area contributed by atoms with E-state index in [9.17, 15) is 0 Å². The van der Waals surface area contributed by atoms with Gasteiger partial charge in [0, 0.05) is 17.1 Å². The SMILES string of the molecule is NC1(c2ccnc3ccccc23)CC1.